The standard InChI is InChI=1S/C6H5F3IN3O/c7-6(8,9)14-4-2(11)1-3(12)13-5(4)10/h1H,(H4,11,12,13). The van der Waals surface area contributed by atoms with Gasteiger partial charge >= 0.3 is 6.36 Å². The highest BCUT2D eigenvalue weighted by atomic mass is 127. The molecule has 4 nitrogen and oxygen atoms in total. The number of rotatable bonds is 1. The number of ether oxygens (including phenoxy) is 1. The first-order valence-corrected chi connectivity index (χ1v) is 4.34. The molecule has 4 N–H and O–H groups in total. The highest BCUT2D eigenvalue weighted by Gasteiger charge is 2.33. The lowest BCUT2D eigenvalue weighted by molar-refractivity contribution is -0.274. The summed E-state index contributed by atoms with van der Waals surface area (Å²) in [6, 6.07) is 1.10. The molecule has 0 aliphatic carbocycles. The second kappa shape index (κ2) is 3.67. The van der Waals surface area contributed by atoms with Crippen LogP contribution in [-0.2, 0) is 0 Å². The van der Waals surface area contributed by atoms with E-state index in [1.807, 2.05) is 0 Å². The van der Waals surface area contributed by atoms with Crippen molar-refractivity contribution >= 4 is 34.1 Å². The Morgan fingerprint density at radius 3 is 2.36 bits per heavy atom. The summed E-state index contributed by atoms with van der Waals surface area (Å²) in [4.78, 5) is 3.58. The fourth-order valence-electron chi connectivity index (χ4n) is 0.757. The molecule has 0 unspecified atom stereocenters. The van der Waals surface area contributed by atoms with Gasteiger partial charge in [0.2, 0.25) is 0 Å². The van der Waals surface area contributed by atoms with Crippen LogP contribution in [0.4, 0.5) is 24.7 Å². The van der Waals surface area contributed by atoms with E-state index in [1.165, 1.54) is 0 Å². The fraction of sp³-hybridized carbons (Fsp3) is 0.167. The van der Waals surface area contributed by atoms with Crippen molar-refractivity contribution in [3.05, 3.63) is 9.77 Å². The molecule has 1 heterocycles. The Hall–Kier alpha value is -0.930. The topological polar surface area (TPSA) is 74.2 Å². The minimum atomic E-state index is -4.79. The van der Waals surface area contributed by atoms with Gasteiger partial charge in [0, 0.05) is 6.07 Å². The van der Waals surface area contributed by atoms with Crippen molar-refractivity contribution in [1.82, 2.24) is 4.98 Å². The second-order valence-corrected chi connectivity index (χ2v) is 3.33. The lowest BCUT2D eigenvalue weighted by Crippen LogP contribution is -2.19. The highest BCUT2D eigenvalue weighted by molar-refractivity contribution is 14.1. The average molecular weight is 319 g/mol. The summed E-state index contributed by atoms with van der Waals surface area (Å²) < 4.78 is 39.2. The molecule has 0 saturated heterocycles. The highest BCUT2D eigenvalue weighted by Crippen LogP contribution is 2.32. The molecule has 0 bridgehead atoms. The molecule has 0 fully saturated rings. The maximum absolute atomic E-state index is 11.9. The molecule has 0 saturated carbocycles. The van der Waals surface area contributed by atoms with Gasteiger partial charge in [-0.25, -0.2) is 4.98 Å². The molecule has 8 heteroatoms. The van der Waals surface area contributed by atoms with E-state index in [0.29, 0.717) is 0 Å². The van der Waals surface area contributed by atoms with Crippen LogP contribution in [-0.4, -0.2) is 11.3 Å². The first-order valence-electron chi connectivity index (χ1n) is 3.27. The average Bonchev–Trinajstić information content (AvgIpc) is 1.95. The number of alkyl halides is 3. The smallest absolute Gasteiger partial charge is 0.401 e. The SMILES string of the molecule is Nc1cc(N)c(OC(F)(F)F)c(I)n1. The van der Waals surface area contributed by atoms with E-state index >= 15 is 0 Å². The number of nitrogens with two attached hydrogens (primary N) is 2. The van der Waals surface area contributed by atoms with Crippen molar-refractivity contribution in [2.75, 3.05) is 11.5 Å². The lowest BCUT2D eigenvalue weighted by atomic mass is 10.4. The molecule has 0 aliphatic rings. The third-order valence-corrected chi connectivity index (χ3v) is 1.93. The number of hydrogen-bond acceptors (Lipinski definition) is 4. The van der Waals surface area contributed by atoms with Crippen molar-refractivity contribution in [3.63, 3.8) is 0 Å². The van der Waals surface area contributed by atoms with E-state index in [9.17, 15) is 13.2 Å². The van der Waals surface area contributed by atoms with Gasteiger partial charge in [-0.05, 0) is 22.6 Å². The number of aromatic nitrogens is 1. The van der Waals surface area contributed by atoms with Crippen LogP contribution < -0.4 is 16.2 Å². The minimum absolute atomic E-state index is 0.0302. The molecule has 0 aliphatic heterocycles. The van der Waals surface area contributed by atoms with Gasteiger partial charge in [0.05, 0.1) is 5.69 Å². The zero-order chi connectivity index (χ0) is 10.9. The molecule has 14 heavy (non-hydrogen) atoms. The quantitative estimate of drug-likeness (QED) is 0.611. The Balaban J connectivity index is 3.09. The molecular weight excluding hydrogens is 314 g/mol. The van der Waals surface area contributed by atoms with Crippen molar-refractivity contribution < 1.29 is 17.9 Å². The number of hydrogen-bond donors (Lipinski definition) is 2. The van der Waals surface area contributed by atoms with Crippen LogP contribution in [0.2, 0.25) is 0 Å². The maximum atomic E-state index is 11.9. The minimum Gasteiger partial charge on any atom is -0.401 e. The number of nitrogens with zero attached hydrogens (tertiary/aromatic N) is 1. The molecule has 0 radical (unpaired) electrons. The zero-order valence-corrected chi connectivity index (χ0v) is 8.76. The third kappa shape index (κ3) is 2.79. The van der Waals surface area contributed by atoms with Gasteiger partial charge in [0.25, 0.3) is 0 Å². The van der Waals surface area contributed by atoms with Gasteiger partial charge in [-0.1, -0.05) is 0 Å². The normalized spacial score (nSPS) is 11.4. The Morgan fingerprint density at radius 1 is 1.36 bits per heavy atom. The fourth-order valence-corrected chi connectivity index (χ4v) is 1.46. The van der Waals surface area contributed by atoms with Crippen molar-refractivity contribution in [3.8, 4) is 5.75 Å². The summed E-state index contributed by atoms with van der Waals surface area (Å²) in [6.45, 7) is 0. The third-order valence-electron chi connectivity index (χ3n) is 1.20. The Kier molecular flexibility index (Phi) is 2.92. The van der Waals surface area contributed by atoms with Crippen LogP contribution in [0.1, 0.15) is 0 Å². The van der Waals surface area contributed by atoms with Crippen LogP contribution in [0.5, 0.6) is 5.75 Å². The van der Waals surface area contributed by atoms with E-state index in [-0.39, 0.29) is 15.2 Å². The predicted molar refractivity (Wildman–Crippen MR) is 52.5 cm³/mol. The first kappa shape index (κ1) is 11.1. The Bertz CT molecular complexity index is 332. The van der Waals surface area contributed by atoms with E-state index in [4.69, 9.17) is 11.5 Å². The molecule has 0 amide bonds. The van der Waals surface area contributed by atoms with Gasteiger partial charge in [-0.15, -0.1) is 13.2 Å². The molecule has 1 aromatic heterocycles. The van der Waals surface area contributed by atoms with Crippen LogP contribution in [0.15, 0.2) is 6.07 Å². The maximum Gasteiger partial charge on any atom is 0.573 e. The second-order valence-electron chi connectivity index (χ2n) is 2.30. The van der Waals surface area contributed by atoms with Crippen LogP contribution in [0, 0.1) is 3.70 Å². The lowest BCUT2D eigenvalue weighted by Gasteiger charge is -2.12. The molecule has 0 aromatic carbocycles. The van der Waals surface area contributed by atoms with E-state index < -0.39 is 12.1 Å². The van der Waals surface area contributed by atoms with Gasteiger partial charge < -0.3 is 16.2 Å². The molecule has 1 aromatic rings. The molecule has 0 atom stereocenters. The summed E-state index contributed by atoms with van der Waals surface area (Å²) in [6.07, 6.45) is -4.79. The zero-order valence-electron chi connectivity index (χ0n) is 6.60. The van der Waals surface area contributed by atoms with Crippen LogP contribution in [0.3, 0.4) is 0 Å². The van der Waals surface area contributed by atoms with Crippen LogP contribution in [0.25, 0.3) is 0 Å². The molecule has 1 rings (SSSR count). The Morgan fingerprint density at radius 2 is 1.93 bits per heavy atom. The van der Waals surface area contributed by atoms with Gasteiger partial charge in [0.15, 0.2) is 5.75 Å². The molecule has 0 spiro atoms. The predicted octanol–water partition coefficient (Wildman–Crippen LogP) is 1.75. The summed E-state index contributed by atoms with van der Waals surface area (Å²) >= 11 is 1.56. The Labute approximate surface area is 90.6 Å². The number of pyridine rings is 1. The summed E-state index contributed by atoms with van der Waals surface area (Å²) in [7, 11) is 0. The van der Waals surface area contributed by atoms with Gasteiger partial charge in [-0.3, -0.25) is 0 Å². The van der Waals surface area contributed by atoms with Crippen LogP contribution >= 0.6 is 22.6 Å². The summed E-state index contributed by atoms with van der Waals surface area (Å²) in [5.41, 5.74) is 10.3. The number of halogens is 4. The van der Waals surface area contributed by atoms with Crippen molar-refractivity contribution in [2.24, 2.45) is 0 Å². The molecular formula is C6H5F3IN3O. The van der Waals surface area contributed by atoms with E-state index in [0.717, 1.165) is 6.07 Å². The van der Waals surface area contributed by atoms with Gasteiger partial charge in [0.1, 0.15) is 9.52 Å². The first-order chi connectivity index (χ1) is 6.29. The van der Waals surface area contributed by atoms with Crippen molar-refractivity contribution in [1.29, 1.82) is 0 Å². The number of anilines is 2. The largest absolute Gasteiger partial charge is 0.573 e. The monoisotopic (exact) mass is 319 g/mol. The van der Waals surface area contributed by atoms with Crippen molar-refractivity contribution in [2.45, 2.75) is 6.36 Å². The van der Waals surface area contributed by atoms with E-state index in [1.54, 1.807) is 22.6 Å². The summed E-state index contributed by atoms with van der Waals surface area (Å²) in [5, 5.41) is 0. The molecule has 78 valence electrons. The summed E-state index contributed by atoms with van der Waals surface area (Å²) in [5.74, 6) is -0.478. The number of nitrogen functional groups attached to an aromatic ring is 2. The van der Waals surface area contributed by atoms with E-state index in [2.05, 4.69) is 9.72 Å². The van der Waals surface area contributed by atoms with Gasteiger partial charge in [-0.2, -0.15) is 0 Å².